The van der Waals surface area contributed by atoms with E-state index in [0.717, 1.165) is 5.69 Å². The van der Waals surface area contributed by atoms with Crippen LogP contribution in [-0.4, -0.2) is 16.6 Å². The number of carbonyl (C=O) groups is 1. The van der Waals surface area contributed by atoms with E-state index in [4.69, 9.17) is 10.00 Å². The van der Waals surface area contributed by atoms with Crippen molar-refractivity contribution in [3.63, 3.8) is 0 Å². The van der Waals surface area contributed by atoms with Crippen LogP contribution in [0.2, 0.25) is 0 Å². The summed E-state index contributed by atoms with van der Waals surface area (Å²) in [5.74, 6) is -0.585. The molecule has 0 N–H and O–H groups in total. The minimum absolute atomic E-state index is 0.00972. The van der Waals surface area contributed by atoms with Crippen molar-refractivity contribution in [2.24, 2.45) is 7.05 Å². The summed E-state index contributed by atoms with van der Waals surface area (Å²) in [6.07, 6.45) is 3.14. The Labute approximate surface area is 94.7 Å². The third-order valence-corrected chi connectivity index (χ3v) is 1.96. The molecule has 84 valence electrons. The highest BCUT2D eigenvalue weighted by atomic mass is 16.5. The molecule has 0 saturated heterocycles. The average molecular weight is 218 g/mol. The van der Waals surface area contributed by atoms with Crippen molar-refractivity contribution in [1.82, 2.24) is 4.57 Å². The minimum atomic E-state index is -0.585. The quantitative estimate of drug-likeness (QED) is 0.442. The van der Waals surface area contributed by atoms with Gasteiger partial charge in [-0.3, -0.25) is 0 Å². The van der Waals surface area contributed by atoms with Crippen LogP contribution in [0.4, 0.5) is 0 Å². The van der Waals surface area contributed by atoms with Crippen molar-refractivity contribution < 1.29 is 9.53 Å². The molecule has 4 heteroatoms. The smallest absolute Gasteiger partial charge is 0.349 e. The van der Waals surface area contributed by atoms with Crippen LogP contribution in [0.25, 0.3) is 6.08 Å². The molecule has 0 fully saturated rings. The molecule has 0 amide bonds. The van der Waals surface area contributed by atoms with E-state index in [1.807, 2.05) is 36.0 Å². The van der Waals surface area contributed by atoms with E-state index < -0.39 is 5.97 Å². The molecule has 0 aromatic carbocycles. The molecule has 4 nitrogen and oxygen atoms in total. The molecule has 0 saturated carbocycles. The van der Waals surface area contributed by atoms with Crippen LogP contribution >= 0.6 is 0 Å². The maximum absolute atomic E-state index is 11.5. The molecule has 0 aliphatic carbocycles. The monoisotopic (exact) mass is 218 g/mol. The third-order valence-electron chi connectivity index (χ3n) is 1.96. The molecule has 0 radical (unpaired) electrons. The van der Waals surface area contributed by atoms with Gasteiger partial charge in [0.1, 0.15) is 11.6 Å². The van der Waals surface area contributed by atoms with Gasteiger partial charge in [-0.25, -0.2) is 4.79 Å². The van der Waals surface area contributed by atoms with Crippen LogP contribution in [-0.2, 0) is 16.6 Å². The zero-order valence-electron chi connectivity index (χ0n) is 9.60. The lowest BCUT2D eigenvalue weighted by Crippen LogP contribution is -2.12. The van der Waals surface area contributed by atoms with Crippen LogP contribution in [0.3, 0.4) is 0 Å². The van der Waals surface area contributed by atoms with Gasteiger partial charge in [-0.05, 0) is 32.1 Å². The molecule has 1 aromatic rings. The molecule has 1 heterocycles. The van der Waals surface area contributed by atoms with E-state index >= 15 is 0 Å². The predicted octanol–water partition coefficient (Wildman–Crippen LogP) is 1.88. The molecule has 0 unspecified atom stereocenters. The minimum Gasteiger partial charge on any atom is -0.459 e. The Morgan fingerprint density at radius 2 is 2.31 bits per heavy atom. The first-order valence-electron chi connectivity index (χ1n) is 4.98. The summed E-state index contributed by atoms with van der Waals surface area (Å²) in [5.41, 5.74) is 0.799. The summed E-state index contributed by atoms with van der Waals surface area (Å²) >= 11 is 0. The Morgan fingerprint density at radius 3 is 2.75 bits per heavy atom. The van der Waals surface area contributed by atoms with Gasteiger partial charge in [0.05, 0.1) is 6.10 Å². The van der Waals surface area contributed by atoms with Crippen molar-refractivity contribution in [2.45, 2.75) is 20.0 Å². The standard InChI is InChI=1S/C12H14N2O2/c1-9(2)16-12(15)10(8-13)7-11-5-4-6-14(11)3/h4-7,9H,1-3H3/b10-7-. The zero-order chi connectivity index (χ0) is 12.1. The molecular weight excluding hydrogens is 204 g/mol. The van der Waals surface area contributed by atoms with Crippen LogP contribution in [0.15, 0.2) is 23.9 Å². The highest BCUT2D eigenvalue weighted by Crippen LogP contribution is 2.08. The average Bonchev–Trinajstić information content (AvgIpc) is 2.59. The molecule has 0 spiro atoms. The Hall–Kier alpha value is -2.02. The fourth-order valence-electron chi connectivity index (χ4n) is 1.19. The number of aromatic nitrogens is 1. The van der Waals surface area contributed by atoms with Crippen LogP contribution in [0, 0.1) is 11.3 Å². The lowest BCUT2D eigenvalue weighted by Gasteiger charge is -2.06. The van der Waals surface area contributed by atoms with Gasteiger partial charge in [0.15, 0.2) is 0 Å². The molecule has 1 aromatic heterocycles. The Kier molecular flexibility index (Phi) is 3.90. The molecule has 0 atom stereocenters. The number of esters is 1. The highest BCUT2D eigenvalue weighted by molar-refractivity contribution is 5.97. The Balaban J connectivity index is 2.92. The van der Waals surface area contributed by atoms with Gasteiger partial charge in [-0.15, -0.1) is 0 Å². The van der Waals surface area contributed by atoms with Crippen molar-refractivity contribution in [3.05, 3.63) is 29.6 Å². The molecular formula is C12H14N2O2. The number of carbonyl (C=O) groups excluding carboxylic acids is 1. The van der Waals surface area contributed by atoms with E-state index in [2.05, 4.69) is 0 Å². The lowest BCUT2D eigenvalue weighted by atomic mass is 10.2. The SMILES string of the molecule is CC(C)OC(=O)/C(C#N)=C\c1cccn1C. The Morgan fingerprint density at radius 1 is 1.62 bits per heavy atom. The molecule has 0 aliphatic rings. The van der Waals surface area contributed by atoms with Crippen LogP contribution in [0.5, 0.6) is 0 Å². The van der Waals surface area contributed by atoms with Gasteiger partial charge in [-0.2, -0.15) is 5.26 Å². The third kappa shape index (κ3) is 2.99. The second kappa shape index (κ2) is 5.17. The summed E-state index contributed by atoms with van der Waals surface area (Å²) in [5, 5.41) is 8.87. The van der Waals surface area contributed by atoms with E-state index in [9.17, 15) is 4.79 Å². The maximum atomic E-state index is 11.5. The van der Waals surface area contributed by atoms with E-state index in [-0.39, 0.29) is 11.7 Å². The number of ether oxygens (including phenoxy) is 1. The van der Waals surface area contributed by atoms with Crippen LogP contribution in [0.1, 0.15) is 19.5 Å². The van der Waals surface area contributed by atoms with Crippen molar-refractivity contribution in [2.75, 3.05) is 0 Å². The van der Waals surface area contributed by atoms with Crippen LogP contribution < -0.4 is 0 Å². The summed E-state index contributed by atoms with van der Waals surface area (Å²) in [4.78, 5) is 11.5. The summed E-state index contributed by atoms with van der Waals surface area (Å²) in [6.45, 7) is 3.49. The number of aryl methyl sites for hydroxylation is 1. The maximum Gasteiger partial charge on any atom is 0.349 e. The normalized spacial score (nSPS) is 11.3. The summed E-state index contributed by atoms with van der Waals surface area (Å²) in [7, 11) is 1.84. The second-order valence-corrected chi connectivity index (χ2v) is 3.67. The van der Waals surface area contributed by atoms with Gasteiger partial charge in [0.2, 0.25) is 0 Å². The fraction of sp³-hybridized carbons (Fsp3) is 0.333. The highest BCUT2D eigenvalue weighted by Gasteiger charge is 2.12. The van der Waals surface area contributed by atoms with Crippen molar-refractivity contribution in [3.8, 4) is 6.07 Å². The van der Waals surface area contributed by atoms with E-state index in [1.54, 1.807) is 13.8 Å². The molecule has 16 heavy (non-hydrogen) atoms. The predicted molar refractivity (Wildman–Crippen MR) is 60.2 cm³/mol. The van der Waals surface area contributed by atoms with Gasteiger partial charge in [0, 0.05) is 18.9 Å². The Bertz CT molecular complexity index is 450. The molecule has 0 aliphatic heterocycles. The lowest BCUT2D eigenvalue weighted by molar-refractivity contribution is -0.142. The van der Waals surface area contributed by atoms with Gasteiger partial charge in [-0.1, -0.05) is 0 Å². The van der Waals surface area contributed by atoms with Gasteiger partial charge in [0.25, 0.3) is 0 Å². The number of hydrogen-bond acceptors (Lipinski definition) is 3. The number of rotatable bonds is 3. The largest absolute Gasteiger partial charge is 0.459 e. The first kappa shape index (κ1) is 12.1. The number of nitriles is 1. The topological polar surface area (TPSA) is 55.0 Å². The molecule has 0 bridgehead atoms. The number of nitrogens with zero attached hydrogens (tertiary/aromatic N) is 2. The van der Waals surface area contributed by atoms with Crippen molar-refractivity contribution in [1.29, 1.82) is 5.26 Å². The van der Waals surface area contributed by atoms with Gasteiger partial charge < -0.3 is 9.30 Å². The summed E-state index contributed by atoms with van der Waals surface area (Å²) in [6, 6.07) is 5.51. The number of hydrogen-bond donors (Lipinski definition) is 0. The van der Waals surface area contributed by atoms with Gasteiger partial charge >= 0.3 is 5.97 Å². The van der Waals surface area contributed by atoms with E-state index in [1.165, 1.54) is 6.08 Å². The summed E-state index contributed by atoms with van der Waals surface area (Å²) < 4.78 is 6.77. The zero-order valence-corrected chi connectivity index (χ0v) is 9.60. The van der Waals surface area contributed by atoms with E-state index in [0.29, 0.717) is 0 Å². The second-order valence-electron chi connectivity index (χ2n) is 3.67. The van der Waals surface area contributed by atoms with Crippen molar-refractivity contribution >= 4 is 12.0 Å². The first-order valence-corrected chi connectivity index (χ1v) is 4.98. The fourth-order valence-corrected chi connectivity index (χ4v) is 1.19. The molecule has 1 rings (SSSR count). The first-order chi connectivity index (χ1) is 7.54.